The van der Waals surface area contributed by atoms with Crippen LogP contribution in [0.25, 0.3) is 0 Å². The van der Waals surface area contributed by atoms with E-state index in [9.17, 15) is 19.5 Å². The normalized spacial score (nSPS) is 18.7. The fourth-order valence-electron chi connectivity index (χ4n) is 3.82. The molecular weight excluding hydrogens is 368 g/mol. The van der Waals surface area contributed by atoms with Crippen LogP contribution >= 0.6 is 0 Å². The molecule has 2 aromatic carbocycles. The van der Waals surface area contributed by atoms with Gasteiger partial charge in [0.2, 0.25) is 11.8 Å². The highest BCUT2D eigenvalue weighted by Gasteiger charge is 2.31. The maximum atomic E-state index is 12.6. The van der Waals surface area contributed by atoms with Gasteiger partial charge in [0.15, 0.2) is 0 Å². The van der Waals surface area contributed by atoms with E-state index in [0.29, 0.717) is 24.2 Å². The van der Waals surface area contributed by atoms with Crippen LogP contribution in [0.3, 0.4) is 0 Å². The van der Waals surface area contributed by atoms with Crippen molar-refractivity contribution in [3.8, 4) is 0 Å². The van der Waals surface area contributed by atoms with E-state index in [0.717, 1.165) is 24.0 Å². The summed E-state index contributed by atoms with van der Waals surface area (Å²) in [6.45, 7) is 1.85. The molecule has 1 fully saturated rings. The Morgan fingerprint density at radius 3 is 2.31 bits per heavy atom. The van der Waals surface area contributed by atoms with Crippen molar-refractivity contribution in [1.82, 2.24) is 0 Å². The van der Waals surface area contributed by atoms with Gasteiger partial charge in [0, 0.05) is 29.2 Å². The van der Waals surface area contributed by atoms with Gasteiger partial charge in [-0.25, -0.2) is 0 Å². The standard InChI is InChI=1S/C23H26N2O4/c1-15-13-17(24-22(27)18-9-5-6-10-19(18)23(28)29)11-12-20(15)25-21(26)14-16-7-3-2-4-8-16/h2-4,7-8,11-13,18-19H,5-6,9-10,14H2,1H3,(H,24,27)(H,25,26)(H,28,29)/p-1/t18-,19-/m0/s1. The zero-order valence-electron chi connectivity index (χ0n) is 16.4. The number of hydrogen-bond acceptors (Lipinski definition) is 4. The number of aryl methyl sites for hydroxylation is 1. The Morgan fingerprint density at radius 1 is 0.966 bits per heavy atom. The van der Waals surface area contributed by atoms with Crippen molar-refractivity contribution in [3.63, 3.8) is 0 Å². The topological polar surface area (TPSA) is 98.3 Å². The molecule has 0 aliphatic heterocycles. The second kappa shape index (κ2) is 9.37. The number of carbonyl (C=O) groups is 3. The average molecular weight is 393 g/mol. The molecule has 0 unspecified atom stereocenters. The molecule has 0 heterocycles. The van der Waals surface area contributed by atoms with Crippen LogP contribution in [0.5, 0.6) is 0 Å². The van der Waals surface area contributed by atoms with Gasteiger partial charge in [0.25, 0.3) is 0 Å². The molecule has 0 spiro atoms. The van der Waals surface area contributed by atoms with Crippen molar-refractivity contribution in [2.75, 3.05) is 10.6 Å². The summed E-state index contributed by atoms with van der Waals surface area (Å²) < 4.78 is 0. The minimum Gasteiger partial charge on any atom is -0.550 e. The van der Waals surface area contributed by atoms with E-state index >= 15 is 0 Å². The number of carboxylic acids is 1. The molecule has 3 rings (SSSR count). The molecule has 29 heavy (non-hydrogen) atoms. The molecule has 2 atom stereocenters. The first-order valence-corrected chi connectivity index (χ1v) is 9.90. The lowest BCUT2D eigenvalue weighted by Gasteiger charge is -2.31. The van der Waals surface area contributed by atoms with Crippen LogP contribution in [-0.4, -0.2) is 17.8 Å². The van der Waals surface area contributed by atoms with E-state index in [1.54, 1.807) is 18.2 Å². The van der Waals surface area contributed by atoms with Crippen molar-refractivity contribution < 1.29 is 19.5 Å². The number of carbonyl (C=O) groups excluding carboxylic acids is 3. The van der Waals surface area contributed by atoms with Gasteiger partial charge in [0.05, 0.1) is 6.42 Å². The summed E-state index contributed by atoms with van der Waals surface area (Å²) in [5.41, 5.74) is 3.00. The van der Waals surface area contributed by atoms with Gasteiger partial charge in [0.1, 0.15) is 0 Å². The quantitative estimate of drug-likeness (QED) is 0.788. The minimum absolute atomic E-state index is 0.116. The third kappa shape index (κ3) is 5.44. The Bertz CT molecular complexity index is 895. The second-order valence-electron chi connectivity index (χ2n) is 7.55. The summed E-state index contributed by atoms with van der Waals surface area (Å²) in [4.78, 5) is 36.2. The molecule has 1 aliphatic rings. The Kier molecular flexibility index (Phi) is 6.65. The van der Waals surface area contributed by atoms with Crippen molar-refractivity contribution in [2.24, 2.45) is 11.8 Å². The maximum Gasteiger partial charge on any atom is 0.228 e. The van der Waals surface area contributed by atoms with E-state index < -0.39 is 17.8 Å². The van der Waals surface area contributed by atoms with Crippen LogP contribution in [0.1, 0.15) is 36.8 Å². The van der Waals surface area contributed by atoms with E-state index in [2.05, 4.69) is 10.6 Å². The SMILES string of the molecule is Cc1cc(NC(=O)[C@H]2CCCC[C@@H]2C(=O)[O-])ccc1NC(=O)Cc1ccccc1. The number of anilines is 2. The molecule has 0 saturated heterocycles. The van der Waals surface area contributed by atoms with Crippen LogP contribution in [0, 0.1) is 18.8 Å². The molecule has 152 valence electrons. The smallest absolute Gasteiger partial charge is 0.228 e. The molecule has 6 heteroatoms. The zero-order chi connectivity index (χ0) is 20.8. The molecule has 6 nitrogen and oxygen atoms in total. The monoisotopic (exact) mass is 393 g/mol. The van der Waals surface area contributed by atoms with E-state index in [1.807, 2.05) is 37.3 Å². The van der Waals surface area contributed by atoms with Gasteiger partial charge < -0.3 is 20.5 Å². The summed E-state index contributed by atoms with van der Waals surface area (Å²) in [6.07, 6.45) is 2.96. The van der Waals surface area contributed by atoms with Gasteiger partial charge in [-0.3, -0.25) is 9.59 Å². The van der Waals surface area contributed by atoms with Gasteiger partial charge in [-0.05, 0) is 49.1 Å². The lowest BCUT2D eigenvalue weighted by atomic mass is 9.78. The Hall–Kier alpha value is -3.15. The van der Waals surface area contributed by atoms with Crippen molar-refractivity contribution in [3.05, 3.63) is 59.7 Å². The molecule has 1 aliphatic carbocycles. The number of benzene rings is 2. The maximum absolute atomic E-state index is 12.6. The van der Waals surface area contributed by atoms with Crippen molar-refractivity contribution in [1.29, 1.82) is 0 Å². The van der Waals surface area contributed by atoms with Crippen LogP contribution < -0.4 is 15.7 Å². The van der Waals surface area contributed by atoms with Crippen LogP contribution in [-0.2, 0) is 20.8 Å². The fourth-order valence-corrected chi connectivity index (χ4v) is 3.82. The summed E-state index contributed by atoms with van der Waals surface area (Å²) in [6, 6.07) is 14.7. The van der Waals surface area contributed by atoms with Crippen LogP contribution in [0.2, 0.25) is 0 Å². The number of carboxylic acid groups (broad SMARTS) is 1. The van der Waals surface area contributed by atoms with E-state index in [4.69, 9.17) is 0 Å². The van der Waals surface area contributed by atoms with Crippen molar-refractivity contribution >= 4 is 29.2 Å². The third-order valence-corrected chi connectivity index (χ3v) is 5.38. The molecular formula is C23H25N2O4-. The van der Waals surface area contributed by atoms with Gasteiger partial charge >= 0.3 is 0 Å². The van der Waals surface area contributed by atoms with Crippen LogP contribution in [0.4, 0.5) is 11.4 Å². The van der Waals surface area contributed by atoms with Gasteiger partial charge in [-0.1, -0.05) is 43.2 Å². The summed E-state index contributed by atoms with van der Waals surface area (Å²) in [5.74, 6) is -2.87. The van der Waals surface area contributed by atoms with E-state index in [1.165, 1.54) is 0 Å². The largest absolute Gasteiger partial charge is 0.550 e. The first-order valence-electron chi connectivity index (χ1n) is 9.90. The molecule has 0 aromatic heterocycles. The van der Waals surface area contributed by atoms with Crippen LogP contribution in [0.15, 0.2) is 48.5 Å². The first-order chi connectivity index (χ1) is 13.9. The Balaban J connectivity index is 1.62. The third-order valence-electron chi connectivity index (χ3n) is 5.38. The number of nitrogens with one attached hydrogen (secondary N) is 2. The summed E-state index contributed by atoms with van der Waals surface area (Å²) >= 11 is 0. The lowest BCUT2D eigenvalue weighted by Crippen LogP contribution is -2.42. The summed E-state index contributed by atoms with van der Waals surface area (Å²) in [7, 11) is 0. The Morgan fingerprint density at radius 2 is 1.66 bits per heavy atom. The second-order valence-corrected chi connectivity index (χ2v) is 7.55. The summed E-state index contributed by atoms with van der Waals surface area (Å²) in [5, 5.41) is 17.0. The highest BCUT2D eigenvalue weighted by Crippen LogP contribution is 2.31. The molecule has 0 radical (unpaired) electrons. The van der Waals surface area contributed by atoms with Gasteiger partial charge in [-0.15, -0.1) is 0 Å². The number of amides is 2. The molecule has 0 bridgehead atoms. The average Bonchev–Trinajstić information content (AvgIpc) is 2.70. The molecule has 2 N–H and O–H groups in total. The Labute approximate surface area is 170 Å². The molecule has 2 aromatic rings. The predicted octanol–water partition coefficient (Wildman–Crippen LogP) is 2.67. The molecule has 1 saturated carbocycles. The number of hydrogen-bond donors (Lipinski definition) is 2. The highest BCUT2D eigenvalue weighted by molar-refractivity contribution is 5.96. The predicted molar refractivity (Wildman–Crippen MR) is 109 cm³/mol. The zero-order valence-corrected chi connectivity index (χ0v) is 16.4. The minimum atomic E-state index is -1.16. The molecule has 2 amide bonds. The highest BCUT2D eigenvalue weighted by atomic mass is 16.4. The van der Waals surface area contributed by atoms with E-state index in [-0.39, 0.29) is 18.2 Å². The number of aliphatic carboxylic acids is 1. The fraction of sp³-hybridized carbons (Fsp3) is 0.348. The lowest BCUT2D eigenvalue weighted by molar-refractivity contribution is -0.313. The van der Waals surface area contributed by atoms with Gasteiger partial charge in [-0.2, -0.15) is 0 Å². The van der Waals surface area contributed by atoms with Crippen molar-refractivity contribution in [2.45, 2.75) is 39.0 Å². The number of rotatable bonds is 6. The first kappa shape index (κ1) is 20.6.